The van der Waals surface area contributed by atoms with Gasteiger partial charge < -0.3 is 4.57 Å². The summed E-state index contributed by atoms with van der Waals surface area (Å²) < 4.78 is 28.0. The van der Waals surface area contributed by atoms with Gasteiger partial charge in [0.25, 0.3) is 5.91 Å². The third kappa shape index (κ3) is 2.72. The van der Waals surface area contributed by atoms with E-state index in [0.717, 1.165) is 12.8 Å². The third-order valence-electron chi connectivity index (χ3n) is 3.72. The van der Waals surface area contributed by atoms with Crippen LogP contribution in [0.2, 0.25) is 0 Å². The minimum Gasteiger partial charge on any atom is -0.345 e. The van der Waals surface area contributed by atoms with Gasteiger partial charge in [-0.25, -0.2) is 14.3 Å². The largest absolute Gasteiger partial charge is 0.345 e. The summed E-state index contributed by atoms with van der Waals surface area (Å²) >= 11 is 0. The van der Waals surface area contributed by atoms with Gasteiger partial charge in [-0.2, -0.15) is 4.31 Å². The molecule has 1 amide bonds. The van der Waals surface area contributed by atoms with Crippen molar-refractivity contribution in [1.29, 1.82) is 0 Å². The van der Waals surface area contributed by atoms with E-state index in [2.05, 4.69) is 6.92 Å². The highest BCUT2D eigenvalue weighted by molar-refractivity contribution is 7.89. The molecule has 1 fully saturated rings. The Labute approximate surface area is 118 Å². The van der Waals surface area contributed by atoms with Gasteiger partial charge in [-0.1, -0.05) is 6.92 Å². The molecule has 1 aliphatic heterocycles. The van der Waals surface area contributed by atoms with E-state index in [9.17, 15) is 13.2 Å². The zero-order chi connectivity index (χ0) is 14.9. The van der Waals surface area contributed by atoms with Crippen LogP contribution in [-0.2, 0) is 17.1 Å². The number of piperidine rings is 1. The fraction of sp³-hybridized carbons (Fsp3) is 0.583. The number of amides is 1. The SMILES string of the molecule is CC1CCN(S(=O)(=O)c2cc(C(=O)NN)n(C)c2)CC1. The molecular formula is C12H20N4O3S. The first-order chi connectivity index (χ1) is 9.36. The Bertz CT molecular complexity index is 600. The van der Waals surface area contributed by atoms with Gasteiger partial charge in [-0.05, 0) is 24.8 Å². The molecule has 3 N–H and O–H groups in total. The van der Waals surface area contributed by atoms with Crippen molar-refractivity contribution < 1.29 is 13.2 Å². The third-order valence-corrected chi connectivity index (χ3v) is 5.59. The van der Waals surface area contributed by atoms with Crippen molar-refractivity contribution in [3.05, 3.63) is 18.0 Å². The minimum atomic E-state index is -3.54. The molecule has 8 heteroatoms. The zero-order valence-corrected chi connectivity index (χ0v) is 12.5. The van der Waals surface area contributed by atoms with Crippen LogP contribution in [0, 0.1) is 5.92 Å². The van der Waals surface area contributed by atoms with Crippen molar-refractivity contribution in [2.24, 2.45) is 18.8 Å². The van der Waals surface area contributed by atoms with Crippen LogP contribution in [0.15, 0.2) is 17.2 Å². The maximum atomic E-state index is 12.5. The van der Waals surface area contributed by atoms with Crippen LogP contribution >= 0.6 is 0 Å². The molecule has 2 rings (SSSR count). The van der Waals surface area contributed by atoms with E-state index >= 15 is 0 Å². The summed E-state index contributed by atoms with van der Waals surface area (Å²) in [6, 6.07) is 1.36. The van der Waals surface area contributed by atoms with Crippen LogP contribution in [-0.4, -0.2) is 36.3 Å². The first-order valence-electron chi connectivity index (χ1n) is 6.53. The summed E-state index contributed by atoms with van der Waals surface area (Å²) in [5.41, 5.74) is 2.22. The molecule has 0 radical (unpaired) electrons. The van der Waals surface area contributed by atoms with Gasteiger partial charge in [0.1, 0.15) is 10.6 Å². The second kappa shape index (κ2) is 5.55. The van der Waals surface area contributed by atoms with Crippen molar-refractivity contribution >= 4 is 15.9 Å². The molecule has 0 bridgehead atoms. The Kier molecular flexibility index (Phi) is 4.17. The summed E-state index contributed by atoms with van der Waals surface area (Å²) in [6.45, 7) is 3.17. The summed E-state index contributed by atoms with van der Waals surface area (Å²) in [5, 5.41) is 0. The van der Waals surface area contributed by atoms with E-state index in [-0.39, 0.29) is 10.6 Å². The molecule has 2 heterocycles. The van der Waals surface area contributed by atoms with Crippen LogP contribution in [0.25, 0.3) is 0 Å². The number of carbonyl (C=O) groups excluding carboxylic acids is 1. The van der Waals surface area contributed by atoms with Crippen molar-refractivity contribution in [2.75, 3.05) is 13.1 Å². The molecule has 0 saturated carbocycles. The molecular weight excluding hydrogens is 280 g/mol. The number of nitrogens with two attached hydrogens (primary N) is 1. The van der Waals surface area contributed by atoms with Gasteiger partial charge in [-0.3, -0.25) is 10.2 Å². The molecule has 1 aromatic heterocycles. The summed E-state index contributed by atoms with van der Waals surface area (Å²) in [5.74, 6) is 5.12. The number of hydrogen-bond donors (Lipinski definition) is 2. The van der Waals surface area contributed by atoms with E-state index in [1.165, 1.54) is 21.1 Å². The number of aromatic nitrogens is 1. The van der Waals surface area contributed by atoms with Gasteiger partial charge in [-0.15, -0.1) is 0 Å². The number of nitrogens with one attached hydrogen (secondary N) is 1. The summed E-state index contributed by atoms with van der Waals surface area (Å²) in [6.07, 6.45) is 3.17. The number of nitrogens with zero attached hydrogens (tertiary/aromatic N) is 2. The lowest BCUT2D eigenvalue weighted by Crippen LogP contribution is -2.37. The van der Waals surface area contributed by atoms with Crippen molar-refractivity contribution in [2.45, 2.75) is 24.7 Å². The summed E-state index contributed by atoms with van der Waals surface area (Å²) in [7, 11) is -1.92. The molecule has 20 heavy (non-hydrogen) atoms. The van der Waals surface area contributed by atoms with Crippen LogP contribution in [0.1, 0.15) is 30.3 Å². The Morgan fingerprint density at radius 2 is 2.00 bits per heavy atom. The van der Waals surface area contributed by atoms with E-state index in [1.54, 1.807) is 7.05 Å². The van der Waals surface area contributed by atoms with Crippen LogP contribution in [0.5, 0.6) is 0 Å². The quantitative estimate of drug-likeness (QED) is 0.468. The van der Waals surface area contributed by atoms with E-state index in [1.807, 2.05) is 5.43 Å². The van der Waals surface area contributed by atoms with E-state index in [4.69, 9.17) is 5.84 Å². The molecule has 1 aromatic rings. The lowest BCUT2D eigenvalue weighted by molar-refractivity contribution is 0.0945. The molecule has 0 aliphatic carbocycles. The lowest BCUT2D eigenvalue weighted by atomic mass is 10.0. The Hall–Kier alpha value is -1.38. The number of nitrogen functional groups attached to an aromatic ring is 1. The predicted octanol–water partition coefficient (Wildman–Crippen LogP) is 0.0492. The second-order valence-corrected chi connectivity index (χ2v) is 7.17. The molecule has 0 unspecified atom stereocenters. The fourth-order valence-electron chi connectivity index (χ4n) is 2.35. The Morgan fingerprint density at radius 1 is 1.40 bits per heavy atom. The molecule has 1 saturated heterocycles. The molecule has 0 spiro atoms. The topological polar surface area (TPSA) is 97.4 Å². The predicted molar refractivity (Wildman–Crippen MR) is 74.2 cm³/mol. The zero-order valence-electron chi connectivity index (χ0n) is 11.7. The number of aryl methyl sites for hydroxylation is 1. The molecule has 1 aliphatic rings. The number of rotatable bonds is 3. The highest BCUT2D eigenvalue weighted by Crippen LogP contribution is 2.24. The Morgan fingerprint density at radius 3 is 2.55 bits per heavy atom. The van der Waals surface area contributed by atoms with E-state index in [0.29, 0.717) is 19.0 Å². The normalized spacial score (nSPS) is 18.1. The average Bonchev–Trinajstić information content (AvgIpc) is 2.81. The van der Waals surface area contributed by atoms with E-state index < -0.39 is 15.9 Å². The van der Waals surface area contributed by atoms with Gasteiger partial charge >= 0.3 is 0 Å². The van der Waals surface area contributed by atoms with Gasteiger partial charge in [0, 0.05) is 26.3 Å². The van der Waals surface area contributed by atoms with Gasteiger partial charge in [0.05, 0.1) is 0 Å². The smallest absolute Gasteiger partial charge is 0.281 e. The molecule has 112 valence electrons. The van der Waals surface area contributed by atoms with Crippen LogP contribution < -0.4 is 11.3 Å². The highest BCUT2D eigenvalue weighted by atomic mass is 32.2. The Balaban J connectivity index is 2.28. The molecule has 0 aromatic carbocycles. The standard InChI is InChI=1S/C12H20N4O3S/c1-9-3-5-16(6-4-9)20(18,19)10-7-11(12(17)14-13)15(2)8-10/h7-9H,3-6,13H2,1-2H3,(H,14,17). The molecule has 7 nitrogen and oxygen atoms in total. The number of carbonyl (C=O) groups is 1. The average molecular weight is 300 g/mol. The van der Waals surface area contributed by atoms with Crippen LogP contribution in [0.3, 0.4) is 0 Å². The minimum absolute atomic E-state index is 0.133. The van der Waals surface area contributed by atoms with Gasteiger partial charge in [0.2, 0.25) is 10.0 Å². The maximum absolute atomic E-state index is 12.5. The monoisotopic (exact) mass is 300 g/mol. The lowest BCUT2D eigenvalue weighted by Gasteiger charge is -2.29. The first kappa shape index (κ1) is 15.0. The van der Waals surface area contributed by atoms with Crippen molar-refractivity contribution in [1.82, 2.24) is 14.3 Å². The summed E-state index contributed by atoms with van der Waals surface area (Å²) in [4.78, 5) is 11.7. The fourth-order valence-corrected chi connectivity index (χ4v) is 3.89. The second-order valence-electron chi connectivity index (χ2n) is 5.23. The number of sulfonamides is 1. The maximum Gasteiger partial charge on any atom is 0.281 e. The molecule has 0 atom stereocenters. The van der Waals surface area contributed by atoms with Crippen LogP contribution in [0.4, 0.5) is 0 Å². The van der Waals surface area contributed by atoms with Crippen molar-refractivity contribution in [3.8, 4) is 0 Å². The van der Waals surface area contributed by atoms with Crippen molar-refractivity contribution in [3.63, 3.8) is 0 Å². The highest BCUT2D eigenvalue weighted by Gasteiger charge is 2.29. The first-order valence-corrected chi connectivity index (χ1v) is 7.97. The van der Waals surface area contributed by atoms with Gasteiger partial charge in [0.15, 0.2) is 0 Å². The number of hydrogen-bond acceptors (Lipinski definition) is 4. The number of hydrazine groups is 1.